The van der Waals surface area contributed by atoms with E-state index in [9.17, 15) is 4.79 Å². The van der Waals surface area contributed by atoms with Gasteiger partial charge in [0.15, 0.2) is 0 Å². The Morgan fingerprint density at radius 1 is 1.40 bits per heavy atom. The number of urea groups is 1. The van der Waals surface area contributed by atoms with Crippen LogP contribution in [0.1, 0.15) is 39.5 Å². The first-order valence-electron chi connectivity index (χ1n) is 6.22. The van der Waals surface area contributed by atoms with Crippen molar-refractivity contribution in [2.45, 2.75) is 45.6 Å². The van der Waals surface area contributed by atoms with E-state index in [0.717, 1.165) is 25.4 Å². The third-order valence-corrected chi connectivity index (χ3v) is 3.62. The summed E-state index contributed by atoms with van der Waals surface area (Å²) in [5, 5.41) is 3.12. The van der Waals surface area contributed by atoms with E-state index in [4.69, 9.17) is 0 Å². The van der Waals surface area contributed by atoms with Crippen LogP contribution in [0.25, 0.3) is 0 Å². The van der Waals surface area contributed by atoms with Crippen molar-refractivity contribution in [3.63, 3.8) is 0 Å². The highest BCUT2D eigenvalue weighted by Crippen LogP contribution is 2.32. The molecule has 86 valence electrons. The molecule has 1 saturated carbocycles. The van der Waals surface area contributed by atoms with Gasteiger partial charge in [-0.15, -0.1) is 0 Å². The van der Waals surface area contributed by atoms with E-state index in [1.165, 1.54) is 19.3 Å². The number of nitrogens with one attached hydrogen (secondary N) is 1. The maximum atomic E-state index is 11.9. The molecule has 1 saturated heterocycles. The molecule has 2 amide bonds. The van der Waals surface area contributed by atoms with Crippen LogP contribution >= 0.6 is 0 Å². The van der Waals surface area contributed by atoms with Crippen LogP contribution < -0.4 is 5.32 Å². The Hall–Kier alpha value is -0.730. The number of likely N-dealkylation sites (tertiary alicyclic amines) is 1. The lowest BCUT2D eigenvalue weighted by atomic mass is 10.0. The summed E-state index contributed by atoms with van der Waals surface area (Å²) in [4.78, 5) is 13.9. The van der Waals surface area contributed by atoms with E-state index in [1.807, 2.05) is 4.90 Å². The third-order valence-electron chi connectivity index (χ3n) is 3.62. The number of carbonyl (C=O) groups excluding carboxylic acids is 1. The second kappa shape index (κ2) is 4.42. The van der Waals surface area contributed by atoms with Gasteiger partial charge in [-0.1, -0.05) is 6.92 Å². The van der Waals surface area contributed by atoms with Gasteiger partial charge in [-0.2, -0.15) is 0 Å². The Kier molecular flexibility index (Phi) is 3.17. The highest BCUT2D eigenvalue weighted by Gasteiger charge is 2.30. The summed E-state index contributed by atoms with van der Waals surface area (Å²) >= 11 is 0. The number of amides is 2. The summed E-state index contributed by atoms with van der Waals surface area (Å²) < 4.78 is 0. The van der Waals surface area contributed by atoms with Crippen molar-refractivity contribution in [2.24, 2.45) is 11.8 Å². The van der Waals surface area contributed by atoms with E-state index in [-0.39, 0.29) is 6.03 Å². The van der Waals surface area contributed by atoms with Crippen LogP contribution in [0.4, 0.5) is 4.79 Å². The highest BCUT2D eigenvalue weighted by atomic mass is 16.2. The van der Waals surface area contributed by atoms with Crippen LogP contribution in [-0.4, -0.2) is 30.1 Å². The molecular formula is C12H22N2O. The number of hydrogen-bond donors (Lipinski definition) is 1. The first-order valence-corrected chi connectivity index (χ1v) is 6.22. The molecule has 1 aliphatic carbocycles. The molecule has 0 bridgehead atoms. The Morgan fingerprint density at radius 3 is 2.73 bits per heavy atom. The van der Waals surface area contributed by atoms with E-state index in [2.05, 4.69) is 19.2 Å². The summed E-state index contributed by atoms with van der Waals surface area (Å²) in [6.45, 7) is 6.23. The highest BCUT2D eigenvalue weighted by molar-refractivity contribution is 5.74. The molecule has 2 aliphatic rings. The first kappa shape index (κ1) is 10.8. The fourth-order valence-electron chi connectivity index (χ4n) is 2.37. The summed E-state index contributed by atoms with van der Waals surface area (Å²) in [6, 6.07) is 0.524. The zero-order chi connectivity index (χ0) is 10.8. The van der Waals surface area contributed by atoms with Gasteiger partial charge in [0.25, 0.3) is 0 Å². The molecule has 0 radical (unpaired) electrons. The van der Waals surface area contributed by atoms with Crippen molar-refractivity contribution in [3.05, 3.63) is 0 Å². The molecular weight excluding hydrogens is 188 g/mol. The molecule has 2 rings (SSSR count). The van der Waals surface area contributed by atoms with Gasteiger partial charge >= 0.3 is 6.03 Å². The fraction of sp³-hybridized carbons (Fsp3) is 0.917. The van der Waals surface area contributed by atoms with Gasteiger partial charge in [0.1, 0.15) is 0 Å². The zero-order valence-electron chi connectivity index (χ0n) is 9.83. The number of carbonyl (C=O) groups is 1. The van der Waals surface area contributed by atoms with Gasteiger partial charge in [0.2, 0.25) is 0 Å². The minimum Gasteiger partial charge on any atom is -0.335 e. The minimum atomic E-state index is 0.154. The monoisotopic (exact) mass is 210 g/mol. The molecule has 2 atom stereocenters. The van der Waals surface area contributed by atoms with Crippen LogP contribution in [0.3, 0.4) is 0 Å². The Bertz CT molecular complexity index is 238. The summed E-state index contributed by atoms with van der Waals surface area (Å²) in [6.07, 6.45) is 5.00. The van der Waals surface area contributed by atoms with Crippen LogP contribution in [0.15, 0.2) is 0 Å². The number of rotatable bonds is 2. The topological polar surface area (TPSA) is 32.3 Å². The lowest BCUT2D eigenvalue weighted by Gasteiger charge is -2.32. The van der Waals surface area contributed by atoms with Crippen LogP contribution in [-0.2, 0) is 0 Å². The molecule has 1 aliphatic heterocycles. The second-order valence-electron chi connectivity index (χ2n) is 5.27. The Labute approximate surface area is 92.2 Å². The maximum absolute atomic E-state index is 11.9. The van der Waals surface area contributed by atoms with Gasteiger partial charge in [-0.3, -0.25) is 0 Å². The Balaban J connectivity index is 1.78. The molecule has 2 fully saturated rings. The predicted molar refractivity (Wildman–Crippen MR) is 60.7 cm³/mol. The van der Waals surface area contributed by atoms with Crippen molar-refractivity contribution in [3.8, 4) is 0 Å². The second-order valence-corrected chi connectivity index (χ2v) is 5.27. The number of hydrogen-bond acceptors (Lipinski definition) is 1. The van der Waals surface area contributed by atoms with Gasteiger partial charge < -0.3 is 10.2 Å². The molecule has 0 aromatic heterocycles. The zero-order valence-corrected chi connectivity index (χ0v) is 9.83. The van der Waals surface area contributed by atoms with E-state index in [0.29, 0.717) is 12.0 Å². The van der Waals surface area contributed by atoms with Crippen molar-refractivity contribution in [1.82, 2.24) is 10.2 Å². The first-order chi connectivity index (χ1) is 7.16. The van der Waals surface area contributed by atoms with Crippen molar-refractivity contribution < 1.29 is 4.79 Å². The number of nitrogens with zero attached hydrogens (tertiary/aromatic N) is 1. The quantitative estimate of drug-likeness (QED) is 0.744. The van der Waals surface area contributed by atoms with Gasteiger partial charge in [0, 0.05) is 19.1 Å². The molecule has 1 N–H and O–H groups in total. The van der Waals surface area contributed by atoms with Gasteiger partial charge in [-0.05, 0) is 44.4 Å². The SMILES string of the molecule is CC1CCCN(C(=O)NC(C)C2CC2)C1. The average molecular weight is 210 g/mol. The largest absolute Gasteiger partial charge is 0.335 e. The predicted octanol–water partition coefficient (Wildman–Crippen LogP) is 2.23. The molecule has 3 heteroatoms. The summed E-state index contributed by atoms with van der Waals surface area (Å²) in [7, 11) is 0. The average Bonchev–Trinajstić information content (AvgIpc) is 3.00. The minimum absolute atomic E-state index is 0.154. The van der Waals surface area contributed by atoms with E-state index >= 15 is 0 Å². The maximum Gasteiger partial charge on any atom is 0.317 e. The smallest absolute Gasteiger partial charge is 0.317 e. The van der Waals surface area contributed by atoms with Crippen LogP contribution in [0, 0.1) is 11.8 Å². The normalized spacial score (nSPS) is 28.7. The van der Waals surface area contributed by atoms with E-state index in [1.54, 1.807) is 0 Å². The lowest BCUT2D eigenvalue weighted by molar-refractivity contribution is 0.166. The van der Waals surface area contributed by atoms with Crippen molar-refractivity contribution in [1.29, 1.82) is 0 Å². The molecule has 15 heavy (non-hydrogen) atoms. The number of piperidine rings is 1. The summed E-state index contributed by atoms with van der Waals surface area (Å²) in [5.41, 5.74) is 0. The standard InChI is InChI=1S/C12H22N2O/c1-9-4-3-7-14(8-9)12(15)13-10(2)11-5-6-11/h9-11H,3-8H2,1-2H3,(H,13,15). The molecule has 0 spiro atoms. The van der Waals surface area contributed by atoms with Gasteiger partial charge in [-0.25, -0.2) is 4.79 Å². The third kappa shape index (κ3) is 2.86. The lowest BCUT2D eigenvalue weighted by Crippen LogP contribution is -2.48. The van der Waals surface area contributed by atoms with Crippen molar-refractivity contribution in [2.75, 3.05) is 13.1 Å². The molecule has 3 nitrogen and oxygen atoms in total. The fourth-order valence-corrected chi connectivity index (χ4v) is 2.37. The van der Waals surface area contributed by atoms with Crippen LogP contribution in [0.2, 0.25) is 0 Å². The molecule has 0 aromatic carbocycles. The summed E-state index contributed by atoms with van der Waals surface area (Å²) in [5.74, 6) is 1.41. The molecule has 0 aromatic rings. The molecule has 1 heterocycles. The van der Waals surface area contributed by atoms with Gasteiger partial charge in [0.05, 0.1) is 0 Å². The van der Waals surface area contributed by atoms with Crippen molar-refractivity contribution >= 4 is 6.03 Å². The Morgan fingerprint density at radius 2 is 2.13 bits per heavy atom. The van der Waals surface area contributed by atoms with E-state index < -0.39 is 0 Å². The van der Waals surface area contributed by atoms with Crippen LogP contribution in [0.5, 0.6) is 0 Å². The molecule has 2 unspecified atom stereocenters.